The summed E-state index contributed by atoms with van der Waals surface area (Å²) >= 11 is 0. The highest BCUT2D eigenvalue weighted by molar-refractivity contribution is 6.09. The van der Waals surface area contributed by atoms with Crippen molar-refractivity contribution in [3.05, 3.63) is 88.9 Å². The molecule has 1 saturated heterocycles. The number of methoxy groups -OCH3 is 1. The second kappa shape index (κ2) is 11.6. The first-order valence-corrected chi connectivity index (χ1v) is 13.0. The number of benzene rings is 2. The maximum atomic E-state index is 13.6. The maximum absolute atomic E-state index is 13.6. The van der Waals surface area contributed by atoms with E-state index in [9.17, 15) is 14.4 Å². The molecule has 5 rings (SSSR count). The zero-order chi connectivity index (χ0) is 26.5. The Morgan fingerprint density at radius 2 is 1.84 bits per heavy atom. The van der Waals surface area contributed by atoms with Crippen LogP contribution in [0.3, 0.4) is 0 Å². The van der Waals surface area contributed by atoms with E-state index in [1.165, 1.54) is 11.2 Å². The fourth-order valence-corrected chi connectivity index (χ4v) is 5.09. The van der Waals surface area contributed by atoms with Gasteiger partial charge in [-0.25, -0.2) is 0 Å². The molecule has 1 aliphatic carbocycles. The van der Waals surface area contributed by atoms with Crippen molar-refractivity contribution in [2.75, 3.05) is 33.3 Å². The van der Waals surface area contributed by atoms with Crippen LogP contribution in [0.4, 0.5) is 0 Å². The molecule has 8 heteroatoms. The minimum Gasteiger partial charge on any atom is -0.497 e. The summed E-state index contributed by atoms with van der Waals surface area (Å²) in [5.74, 6) is 0.683. The van der Waals surface area contributed by atoms with Gasteiger partial charge in [-0.3, -0.25) is 14.4 Å². The summed E-state index contributed by atoms with van der Waals surface area (Å²) in [5, 5.41) is 0. The lowest BCUT2D eigenvalue weighted by molar-refractivity contribution is -0.131. The molecule has 2 aromatic carbocycles. The summed E-state index contributed by atoms with van der Waals surface area (Å²) in [4.78, 5) is 42.8. The van der Waals surface area contributed by atoms with Gasteiger partial charge in [0.15, 0.2) is 5.78 Å². The Morgan fingerprint density at radius 1 is 1.03 bits per heavy atom. The molecule has 2 amide bonds. The third-order valence-corrected chi connectivity index (χ3v) is 7.13. The number of ether oxygens (including phenoxy) is 2. The molecule has 0 bridgehead atoms. The summed E-state index contributed by atoms with van der Waals surface area (Å²) < 4.78 is 17.2. The number of nitrogens with zero attached hydrogens (tertiary/aromatic N) is 2. The van der Waals surface area contributed by atoms with Gasteiger partial charge in [0.1, 0.15) is 24.3 Å². The minimum atomic E-state index is -0.411. The number of Topliss-reactive ketones (excluding diaryl/α,β-unsaturated/α-hetero) is 1. The van der Waals surface area contributed by atoms with E-state index >= 15 is 0 Å². The van der Waals surface area contributed by atoms with Gasteiger partial charge in [-0.2, -0.15) is 0 Å². The van der Waals surface area contributed by atoms with Gasteiger partial charge in [-0.15, -0.1) is 0 Å². The van der Waals surface area contributed by atoms with Gasteiger partial charge in [0.25, 0.3) is 5.91 Å². The van der Waals surface area contributed by atoms with Gasteiger partial charge in [-0.1, -0.05) is 42.5 Å². The average Bonchev–Trinajstić information content (AvgIpc) is 3.32. The number of hydrogen-bond acceptors (Lipinski definition) is 6. The fourth-order valence-electron chi connectivity index (χ4n) is 5.09. The van der Waals surface area contributed by atoms with Crippen LogP contribution < -0.4 is 4.74 Å². The van der Waals surface area contributed by atoms with Crippen molar-refractivity contribution in [3.8, 4) is 5.75 Å². The van der Waals surface area contributed by atoms with Gasteiger partial charge >= 0.3 is 0 Å². The molecule has 1 atom stereocenters. The van der Waals surface area contributed by atoms with Gasteiger partial charge in [0, 0.05) is 32.5 Å². The number of hydrogen-bond donors (Lipinski definition) is 0. The van der Waals surface area contributed by atoms with Crippen LogP contribution >= 0.6 is 0 Å². The van der Waals surface area contributed by atoms with Crippen LogP contribution in [0.2, 0.25) is 0 Å². The Hall–Kier alpha value is -3.91. The molecule has 0 radical (unpaired) electrons. The topological polar surface area (TPSA) is 89.3 Å². The van der Waals surface area contributed by atoms with Crippen molar-refractivity contribution in [1.82, 2.24) is 9.80 Å². The number of ketones is 1. The first kappa shape index (κ1) is 25.7. The summed E-state index contributed by atoms with van der Waals surface area (Å²) in [6, 6.07) is 17.6. The van der Waals surface area contributed by atoms with Crippen LogP contribution in [0.5, 0.6) is 5.75 Å². The molecule has 0 N–H and O–H groups in total. The van der Waals surface area contributed by atoms with E-state index in [0.717, 1.165) is 16.9 Å². The maximum Gasteiger partial charge on any atom is 0.258 e. The Morgan fingerprint density at radius 3 is 2.66 bits per heavy atom. The number of carbonyl (C=O) groups is 3. The van der Waals surface area contributed by atoms with Gasteiger partial charge < -0.3 is 23.7 Å². The van der Waals surface area contributed by atoms with Gasteiger partial charge in [0.05, 0.1) is 30.9 Å². The number of rotatable bonds is 8. The minimum absolute atomic E-state index is 0.0826. The Bertz CT molecular complexity index is 1300. The third kappa shape index (κ3) is 5.81. The smallest absolute Gasteiger partial charge is 0.258 e. The van der Waals surface area contributed by atoms with E-state index in [2.05, 4.69) is 0 Å². The summed E-state index contributed by atoms with van der Waals surface area (Å²) in [7, 11) is 1.62. The number of fused-ring (bicyclic) bond motifs is 1. The van der Waals surface area contributed by atoms with E-state index in [4.69, 9.17) is 13.9 Å². The predicted octanol–water partition coefficient (Wildman–Crippen LogP) is 3.92. The second-order valence-corrected chi connectivity index (χ2v) is 9.77. The third-order valence-electron chi connectivity index (χ3n) is 7.13. The molecule has 8 nitrogen and oxygen atoms in total. The van der Waals surface area contributed by atoms with E-state index in [1.807, 2.05) is 54.6 Å². The summed E-state index contributed by atoms with van der Waals surface area (Å²) in [6.07, 6.45) is 3.40. The van der Waals surface area contributed by atoms with Gasteiger partial charge in [-0.05, 0) is 36.1 Å². The lowest BCUT2D eigenvalue weighted by Gasteiger charge is -2.25. The molecule has 0 spiro atoms. The van der Waals surface area contributed by atoms with E-state index < -0.39 is 6.10 Å². The van der Waals surface area contributed by atoms with E-state index in [-0.39, 0.29) is 36.3 Å². The monoisotopic (exact) mass is 516 g/mol. The highest BCUT2D eigenvalue weighted by Gasteiger charge is 2.35. The van der Waals surface area contributed by atoms with Crippen molar-refractivity contribution in [2.45, 2.75) is 38.4 Å². The highest BCUT2D eigenvalue weighted by atomic mass is 16.5. The van der Waals surface area contributed by atoms with E-state index in [1.54, 1.807) is 12.0 Å². The molecular weight excluding hydrogens is 484 g/mol. The number of amides is 2. The Kier molecular flexibility index (Phi) is 7.89. The molecule has 0 saturated carbocycles. The average molecular weight is 517 g/mol. The van der Waals surface area contributed by atoms with Crippen molar-refractivity contribution >= 4 is 17.6 Å². The van der Waals surface area contributed by atoms with Crippen LogP contribution in [-0.2, 0) is 29.0 Å². The van der Waals surface area contributed by atoms with Crippen LogP contribution in [0.15, 0.2) is 65.3 Å². The number of carbonyl (C=O) groups excluding carboxylic acids is 3. The van der Waals surface area contributed by atoms with Crippen molar-refractivity contribution in [1.29, 1.82) is 0 Å². The summed E-state index contributed by atoms with van der Waals surface area (Å²) in [6.45, 7) is 1.33. The molecule has 38 heavy (non-hydrogen) atoms. The standard InChI is InChI=1S/C30H32N2O6/c1-36-23-10-5-9-22(15-23)19-37-24-16-31(14-13-21-7-3-2-4-8-21)28(34)18-32(17-24)30(35)25-20-38-27-12-6-11-26(33)29(25)27/h2-5,7-10,15,20,24H,6,11-14,16-19H2,1H3. The molecule has 198 valence electrons. The predicted molar refractivity (Wildman–Crippen MR) is 140 cm³/mol. The first-order chi connectivity index (χ1) is 18.5. The lowest BCUT2D eigenvalue weighted by atomic mass is 9.93. The largest absolute Gasteiger partial charge is 0.497 e. The van der Waals surface area contributed by atoms with Crippen LogP contribution in [0.25, 0.3) is 0 Å². The molecular formula is C30H32N2O6. The van der Waals surface area contributed by atoms with E-state index in [0.29, 0.717) is 56.7 Å². The Balaban J connectivity index is 1.35. The fraction of sp³-hybridized carbons (Fsp3) is 0.367. The lowest BCUT2D eigenvalue weighted by Crippen LogP contribution is -2.40. The SMILES string of the molecule is COc1cccc(COC2CN(CCc3ccccc3)C(=O)CN(C(=O)c3coc4c3C(=O)CCC4)C2)c1. The molecule has 1 fully saturated rings. The number of furan rings is 1. The zero-order valence-electron chi connectivity index (χ0n) is 21.6. The van der Waals surface area contributed by atoms with Crippen LogP contribution in [0, 0.1) is 0 Å². The zero-order valence-corrected chi connectivity index (χ0v) is 21.6. The number of aryl methyl sites for hydroxylation is 1. The molecule has 2 heterocycles. The highest BCUT2D eigenvalue weighted by Crippen LogP contribution is 2.28. The molecule has 1 aromatic heterocycles. The molecule has 3 aromatic rings. The van der Waals surface area contributed by atoms with Crippen LogP contribution in [0.1, 0.15) is 50.4 Å². The Labute approximate surface area is 222 Å². The van der Waals surface area contributed by atoms with Gasteiger partial charge in [0.2, 0.25) is 5.91 Å². The van der Waals surface area contributed by atoms with Crippen molar-refractivity contribution in [2.24, 2.45) is 0 Å². The quantitative estimate of drug-likeness (QED) is 0.451. The molecule has 1 unspecified atom stereocenters. The molecule has 2 aliphatic rings. The molecule has 1 aliphatic heterocycles. The van der Waals surface area contributed by atoms with Crippen molar-refractivity contribution < 1.29 is 28.3 Å². The second-order valence-electron chi connectivity index (χ2n) is 9.77. The normalized spacial score (nSPS) is 17.8. The van der Waals surface area contributed by atoms with Crippen LogP contribution in [-0.4, -0.2) is 66.8 Å². The first-order valence-electron chi connectivity index (χ1n) is 13.0. The summed E-state index contributed by atoms with van der Waals surface area (Å²) in [5.41, 5.74) is 2.67. The van der Waals surface area contributed by atoms with Crippen molar-refractivity contribution in [3.63, 3.8) is 0 Å².